The van der Waals surface area contributed by atoms with Crippen molar-refractivity contribution >= 4 is 5.95 Å². The number of aromatic nitrogens is 2. The van der Waals surface area contributed by atoms with Crippen molar-refractivity contribution in [3.8, 4) is 5.75 Å². The Balaban J connectivity index is 1.36. The largest absolute Gasteiger partial charge is 0.494 e. The second-order valence-electron chi connectivity index (χ2n) is 7.60. The van der Waals surface area contributed by atoms with E-state index in [1.54, 1.807) is 0 Å². The smallest absolute Gasteiger partial charge is 0.225 e. The lowest BCUT2D eigenvalue weighted by molar-refractivity contribution is 0.242. The Kier molecular flexibility index (Phi) is 6.07. The summed E-state index contributed by atoms with van der Waals surface area (Å²) in [5.41, 5.74) is 3.82. The van der Waals surface area contributed by atoms with Crippen LogP contribution in [0.2, 0.25) is 0 Å². The molecule has 6 heteroatoms. The summed E-state index contributed by atoms with van der Waals surface area (Å²) in [6, 6.07) is 8.45. The molecule has 0 aliphatic carbocycles. The lowest BCUT2D eigenvalue weighted by Gasteiger charge is -2.35. The average molecular weight is 382 g/mol. The van der Waals surface area contributed by atoms with Crippen molar-refractivity contribution in [3.63, 3.8) is 0 Å². The van der Waals surface area contributed by atoms with E-state index < -0.39 is 0 Å². The van der Waals surface area contributed by atoms with Gasteiger partial charge in [0.1, 0.15) is 5.75 Å². The fraction of sp³-hybridized carbons (Fsp3) is 0.545. The molecule has 1 aromatic heterocycles. The third-order valence-corrected chi connectivity index (χ3v) is 5.74. The van der Waals surface area contributed by atoms with Crippen LogP contribution in [0.3, 0.4) is 0 Å². The van der Waals surface area contributed by atoms with Crippen molar-refractivity contribution in [2.45, 2.75) is 33.4 Å². The van der Waals surface area contributed by atoms with Gasteiger partial charge in [-0.05, 0) is 31.2 Å². The zero-order chi connectivity index (χ0) is 19.3. The minimum atomic E-state index is 0.707. The number of fused-ring (bicyclic) bond motifs is 1. The molecule has 2 aliphatic heterocycles. The molecule has 0 saturated carbocycles. The summed E-state index contributed by atoms with van der Waals surface area (Å²) in [6.07, 6.45) is 3.05. The second kappa shape index (κ2) is 8.88. The van der Waals surface area contributed by atoms with Crippen molar-refractivity contribution in [2.75, 3.05) is 50.8 Å². The van der Waals surface area contributed by atoms with Gasteiger partial charge in [-0.1, -0.05) is 19.1 Å². The maximum absolute atomic E-state index is 5.53. The molecule has 1 fully saturated rings. The van der Waals surface area contributed by atoms with Crippen LogP contribution in [0.15, 0.2) is 30.5 Å². The van der Waals surface area contributed by atoms with Gasteiger partial charge in [0.15, 0.2) is 0 Å². The quantitative estimate of drug-likeness (QED) is 0.766. The number of piperazine rings is 1. The molecule has 0 N–H and O–H groups in total. The molecule has 0 spiro atoms. The highest BCUT2D eigenvalue weighted by atomic mass is 16.5. The summed E-state index contributed by atoms with van der Waals surface area (Å²) in [6.45, 7) is 13.2. The van der Waals surface area contributed by atoms with E-state index in [9.17, 15) is 0 Å². The van der Waals surface area contributed by atoms with Crippen molar-refractivity contribution < 1.29 is 4.74 Å². The Labute approximate surface area is 168 Å². The number of hydrogen-bond acceptors (Lipinski definition) is 6. The van der Waals surface area contributed by atoms with Crippen LogP contribution in [0, 0.1) is 0 Å². The Morgan fingerprint density at radius 2 is 1.75 bits per heavy atom. The fourth-order valence-corrected chi connectivity index (χ4v) is 4.03. The van der Waals surface area contributed by atoms with Gasteiger partial charge in [0, 0.05) is 64.0 Å². The summed E-state index contributed by atoms with van der Waals surface area (Å²) in [7, 11) is 0. The lowest BCUT2D eigenvalue weighted by atomic mass is 10.1. The second-order valence-corrected chi connectivity index (χ2v) is 7.60. The highest BCUT2D eigenvalue weighted by Crippen LogP contribution is 2.22. The summed E-state index contributed by atoms with van der Waals surface area (Å²) in [5, 5.41) is 0. The van der Waals surface area contributed by atoms with Crippen molar-refractivity contribution in [3.05, 3.63) is 47.3 Å². The monoisotopic (exact) mass is 381 g/mol. The summed E-state index contributed by atoms with van der Waals surface area (Å²) >= 11 is 0. The minimum Gasteiger partial charge on any atom is -0.494 e. The maximum atomic E-state index is 5.53. The van der Waals surface area contributed by atoms with E-state index in [0.29, 0.717) is 6.61 Å². The van der Waals surface area contributed by atoms with Gasteiger partial charge >= 0.3 is 0 Å². The van der Waals surface area contributed by atoms with E-state index in [0.717, 1.165) is 70.5 Å². The first-order chi connectivity index (χ1) is 13.7. The number of anilines is 1. The predicted molar refractivity (Wildman–Crippen MR) is 112 cm³/mol. The van der Waals surface area contributed by atoms with E-state index in [1.165, 1.54) is 16.8 Å². The molecule has 0 unspecified atom stereocenters. The number of hydrogen-bond donors (Lipinski definition) is 0. The molecule has 150 valence electrons. The molecule has 0 radical (unpaired) electrons. The van der Waals surface area contributed by atoms with Crippen LogP contribution < -0.4 is 9.64 Å². The van der Waals surface area contributed by atoms with E-state index in [-0.39, 0.29) is 0 Å². The third kappa shape index (κ3) is 4.45. The van der Waals surface area contributed by atoms with Crippen molar-refractivity contribution in [1.82, 2.24) is 19.8 Å². The van der Waals surface area contributed by atoms with Crippen LogP contribution in [0.25, 0.3) is 0 Å². The van der Waals surface area contributed by atoms with Gasteiger partial charge in [-0.15, -0.1) is 0 Å². The molecular formula is C22H31N5O. The zero-order valence-electron chi connectivity index (χ0n) is 17.1. The molecule has 1 saturated heterocycles. The van der Waals surface area contributed by atoms with Gasteiger partial charge in [0.25, 0.3) is 0 Å². The first-order valence-corrected chi connectivity index (χ1v) is 10.5. The zero-order valence-corrected chi connectivity index (χ0v) is 17.1. The SMILES string of the molecule is CCOc1ccc(CN2CCc3nc(N4CCN(CC)CC4)ncc3C2)cc1. The van der Waals surface area contributed by atoms with Crippen LogP contribution in [0.5, 0.6) is 5.75 Å². The molecule has 1 aromatic carbocycles. The van der Waals surface area contributed by atoms with E-state index in [4.69, 9.17) is 14.7 Å². The number of likely N-dealkylation sites (N-methyl/N-ethyl adjacent to an activating group) is 1. The Morgan fingerprint density at radius 1 is 0.964 bits per heavy atom. The average Bonchev–Trinajstić information content (AvgIpc) is 2.75. The molecule has 0 atom stereocenters. The normalized spacial score (nSPS) is 18.1. The Bertz CT molecular complexity index is 771. The van der Waals surface area contributed by atoms with E-state index in [2.05, 4.69) is 45.9 Å². The van der Waals surface area contributed by atoms with Crippen molar-refractivity contribution in [1.29, 1.82) is 0 Å². The van der Waals surface area contributed by atoms with Gasteiger partial charge in [0.05, 0.1) is 12.3 Å². The van der Waals surface area contributed by atoms with E-state index in [1.807, 2.05) is 13.1 Å². The van der Waals surface area contributed by atoms with Crippen LogP contribution >= 0.6 is 0 Å². The van der Waals surface area contributed by atoms with Crippen LogP contribution in [-0.4, -0.2) is 65.6 Å². The standard InChI is InChI=1S/C22H31N5O/c1-3-25-11-13-27(14-12-25)22-23-15-19-17-26(10-9-21(19)24-22)16-18-5-7-20(8-6-18)28-4-2/h5-8,15H,3-4,9-14,16-17H2,1-2H3. The van der Waals surface area contributed by atoms with Gasteiger partial charge < -0.3 is 14.5 Å². The molecule has 3 heterocycles. The molecular weight excluding hydrogens is 350 g/mol. The number of rotatable bonds is 6. The predicted octanol–water partition coefficient (Wildman–Crippen LogP) is 2.58. The highest BCUT2D eigenvalue weighted by molar-refractivity contribution is 5.35. The number of benzene rings is 1. The summed E-state index contributed by atoms with van der Waals surface area (Å²) in [5.74, 6) is 1.85. The minimum absolute atomic E-state index is 0.707. The van der Waals surface area contributed by atoms with E-state index >= 15 is 0 Å². The topological polar surface area (TPSA) is 44.7 Å². The van der Waals surface area contributed by atoms with Gasteiger partial charge in [0.2, 0.25) is 5.95 Å². The number of nitrogens with zero attached hydrogens (tertiary/aromatic N) is 5. The maximum Gasteiger partial charge on any atom is 0.225 e. The van der Waals surface area contributed by atoms with Crippen LogP contribution in [0.4, 0.5) is 5.95 Å². The van der Waals surface area contributed by atoms with Crippen LogP contribution in [-0.2, 0) is 19.5 Å². The molecule has 28 heavy (non-hydrogen) atoms. The van der Waals surface area contributed by atoms with Crippen molar-refractivity contribution in [2.24, 2.45) is 0 Å². The lowest BCUT2D eigenvalue weighted by Crippen LogP contribution is -2.47. The molecule has 0 amide bonds. The first kappa shape index (κ1) is 19.2. The summed E-state index contributed by atoms with van der Waals surface area (Å²) in [4.78, 5) is 16.9. The fourth-order valence-electron chi connectivity index (χ4n) is 4.03. The molecule has 0 bridgehead atoms. The molecule has 6 nitrogen and oxygen atoms in total. The molecule has 2 aromatic rings. The first-order valence-electron chi connectivity index (χ1n) is 10.5. The van der Waals surface area contributed by atoms with Gasteiger partial charge in [-0.2, -0.15) is 0 Å². The third-order valence-electron chi connectivity index (χ3n) is 5.74. The molecule has 2 aliphatic rings. The molecule has 4 rings (SSSR count). The van der Waals surface area contributed by atoms with Gasteiger partial charge in [-0.25, -0.2) is 9.97 Å². The summed E-state index contributed by atoms with van der Waals surface area (Å²) < 4.78 is 5.53. The number of ether oxygens (including phenoxy) is 1. The highest BCUT2D eigenvalue weighted by Gasteiger charge is 2.22. The Morgan fingerprint density at radius 3 is 2.46 bits per heavy atom. The van der Waals surface area contributed by atoms with Gasteiger partial charge in [-0.3, -0.25) is 4.90 Å². The van der Waals surface area contributed by atoms with Crippen LogP contribution in [0.1, 0.15) is 30.7 Å². The Hall–Kier alpha value is -2.18.